The van der Waals surface area contributed by atoms with E-state index in [9.17, 15) is 8.78 Å². The molecule has 0 bridgehead atoms. The van der Waals surface area contributed by atoms with Crippen molar-refractivity contribution in [1.82, 2.24) is 0 Å². The van der Waals surface area contributed by atoms with Gasteiger partial charge in [-0.25, -0.2) is 8.78 Å². The standard InChI is InChI=1S/C11H13F2NO2S/c1-15-9-3-2-7(4-8(9)11(14)17)5-16-6-10(12)13/h2-4,10H,5-6H2,1H3,(H2,14,17). The number of methoxy groups -OCH3 is 1. The Bertz CT molecular complexity index is 399. The minimum Gasteiger partial charge on any atom is -0.496 e. The molecule has 0 spiro atoms. The van der Waals surface area contributed by atoms with Gasteiger partial charge in [-0.15, -0.1) is 0 Å². The Balaban J connectivity index is 2.74. The van der Waals surface area contributed by atoms with Gasteiger partial charge in [0.15, 0.2) is 0 Å². The highest BCUT2D eigenvalue weighted by atomic mass is 32.1. The summed E-state index contributed by atoms with van der Waals surface area (Å²) in [5.41, 5.74) is 6.81. The van der Waals surface area contributed by atoms with Gasteiger partial charge in [0.1, 0.15) is 17.3 Å². The maximum Gasteiger partial charge on any atom is 0.261 e. The first-order valence-corrected chi connectivity index (χ1v) is 5.28. The Morgan fingerprint density at radius 3 is 2.71 bits per heavy atom. The van der Waals surface area contributed by atoms with Crippen molar-refractivity contribution in [2.45, 2.75) is 13.0 Å². The monoisotopic (exact) mass is 261 g/mol. The van der Waals surface area contributed by atoms with Crippen molar-refractivity contribution in [3.8, 4) is 5.75 Å². The number of halogens is 2. The molecular weight excluding hydrogens is 248 g/mol. The molecule has 17 heavy (non-hydrogen) atoms. The maximum absolute atomic E-state index is 11.9. The maximum atomic E-state index is 11.9. The lowest BCUT2D eigenvalue weighted by molar-refractivity contribution is 0.00987. The third-order valence-corrected chi connectivity index (χ3v) is 2.26. The van der Waals surface area contributed by atoms with Crippen LogP contribution in [0.5, 0.6) is 5.75 Å². The van der Waals surface area contributed by atoms with Gasteiger partial charge in [0.2, 0.25) is 0 Å². The zero-order valence-electron chi connectivity index (χ0n) is 9.28. The molecule has 0 aliphatic heterocycles. The van der Waals surface area contributed by atoms with E-state index in [0.29, 0.717) is 16.9 Å². The van der Waals surface area contributed by atoms with Gasteiger partial charge in [0, 0.05) is 0 Å². The van der Waals surface area contributed by atoms with E-state index in [0.717, 1.165) is 0 Å². The fourth-order valence-electron chi connectivity index (χ4n) is 1.30. The SMILES string of the molecule is COc1ccc(COCC(F)F)cc1C(N)=S. The minimum absolute atomic E-state index is 0.0872. The van der Waals surface area contributed by atoms with Crippen LogP contribution in [0.15, 0.2) is 18.2 Å². The Morgan fingerprint density at radius 1 is 1.47 bits per heavy atom. The van der Waals surface area contributed by atoms with E-state index in [-0.39, 0.29) is 11.6 Å². The van der Waals surface area contributed by atoms with E-state index in [1.165, 1.54) is 7.11 Å². The summed E-state index contributed by atoms with van der Waals surface area (Å²) in [6, 6.07) is 5.06. The van der Waals surface area contributed by atoms with Crippen LogP contribution in [-0.2, 0) is 11.3 Å². The lowest BCUT2D eigenvalue weighted by Gasteiger charge is -2.10. The predicted octanol–water partition coefficient (Wildman–Crippen LogP) is 2.11. The van der Waals surface area contributed by atoms with E-state index in [4.69, 9.17) is 27.4 Å². The number of hydrogen-bond donors (Lipinski definition) is 1. The van der Waals surface area contributed by atoms with Crippen LogP contribution in [0.4, 0.5) is 8.78 Å². The Kier molecular flexibility index (Phi) is 5.24. The molecule has 0 saturated heterocycles. The van der Waals surface area contributed by atoms with Crippen molar-refractivity contribution in [1.29, 1.82) is 0 Å². The number of thiocarbonyl (C=S) groups is 1. The smallest absolute Gasteiger partial charge is 0.261 e. The summed E-state index contributed by atoms with van der Waals surface area (Å²) in [6.45, 7) is -0.502. The molecule has 1 aromatic rings. The summed E-state index contributed by atoms with van der Waals surface area (Å²) in [7, 11) is 1.50. The molecule has 0 amide bonds. The van der Waals surface area contributed by atoms with Gasteiger partial charge in [-0.1, -0.05) is 18.3 Å². The number of ether oxygens (including phenoxy) is 2. The second-order valence-corrected chi connectivity index (χ2v) is 3.74. The fourth-order valence-corrected chi connectivity index (χ4v) is 1.46. The van der Waals surface area contributed by atoms with Gasteiger partial charge in [-0.05, 0) is 17.7 Å². The lowest BCUT2D eigenvalue weighted by atomic mass is 10.1. The average Bonchev–Trinajstić information content (AvgIpc) is 2.28. The quantitative estimate of drug-likeness (QED) is 0.797. The molecule has 0 unspecified atom stereocenters. The van der Waals surface area contributed by atoms with E-state index in [1.54, 1.807) is 18.2 Å². The van der Waals surface area contributed by atoms with E-state index >= 15 is 0 Å². The largest absolute Gasteiger partial charge is 0.496 e. The van der Waals surface area contributed by atoms with Gasteiger partial charge >= 0.3 is 0 Å². The number of rotatable bonds is 6. The predicted molar refractivity (Wildman–Crippen MR) is 64.5 cm³/mol. The van der Waals surface area contributed by atoms with Crippen molar-refractivity contribution in [3.05, 3.63) is 29.3 Å². The lowest BCUT2D eigenvalue weighted by Crippen LogP contribution is -2.12. The van der Waals surface area contributed by atoms with Crippen LogP contribution in [0.2, 0.25) is 0 Å². The van der Waals surface area contributed by atoms with Gasteiger partial charge in [0.05, 0.1) is 19.3 Å². The topological polar surface area (TPSA) is 44.5 Å². The molecule has 0 radical (unpaired) electrons. The number of alkyl halides is 2. The van der Waals surface area contributed by atoms with Gasteiger partial charge in [-0.2, -0.15) is 0 Å². The molecule has 0 fully saturated rings. The number of benzene rings is 1. The minimum atomic E-state index is -2.47. The Morgan fingerprint density at radius 2 is 2.18 bits per heavy atom. The molecular formula is C11H13F2NO2S. The Labute approximate surface area is 104 Å². The highest BCUT2D eigenvalue weighted by molar-refractivity contribution is 7.80. The van der Waals surface area contributed by atoms with E-state index in [2.05, 4.69) is 0 Å². The van der Waals surface area contributed by atoms with Crippen LogP contribution in [0.1, 0.15) is 11.1 Å². The summed E-state index contributed by atoms with van der Waals surface area (Å²) in [5, 5.41) is 0. The molecule has 1 rings (SSSR count). The number of nitrogens with two attached hydrogens (primary N) is 1. The van der Waals surface area contributed by atoms with Gasteiger partial charge in [0.25, 0.3) is 6.43 Å². The molecule has 0 atom stereocenters. The van der Waals surface area contributed by atoms with E-state index in [1.807, 2.05) is 0 Å². The van der Waals surface area contributed by atoms with Crippen LogP contribution in [0.3, 0.4) is 0 Å². The zero-order chi connectivity index (χ0) is 12.8. The molecule has 3 nitrogen and oxygen atoms in total. The summed E-state index contributed by atoms with van der Waals surface area (Å²) < 4.78 is 33.6. The third kappa shape index (κ3) is 4.24. The highest BCUT2D eigenvalue weighted by Gasteiger charge is 2.08. The van der Waals surface area contributed by atoms with Crippen molar-refractivity contribution >= 4 is 17.2 Å². The normalized spacial score (nSPS) is 10.6. The first-order valence-electron chi connectivity index (χ1n) is 4.87. The zero-order valence-corrected chi connectivity index (χ0v) is 10.1. The Hall–Kier alpha value is -1.27. The summed E-state index contributed by atoms with van der Waals surface area (Å²) in [5.74, 6) is 0.551. The molecule has 1 aromatic carbocycles. The van der Waals surface area contributed by atoms with Crippen LogP contribution >= 0.6 is 12.2 Å². The highest BCUT2D eigenvalue weighted by Crippen LogP contribution is 2.20. The van der Waals surface area contributed by atoms with Gasteiger partial charge < -0.3 is 15.2 Å². The second kappa shape index (κ2) is 6.46. The van der Waals surface area contributed by atoms with Crippen molar-refractivity contribution in [3.63, 3.8) is 0 Å². The van der Waals surface area contributed by atoms with Gasteiger partial charge in [-0.3, -0.25) is 0 Å². The summed E-state index contributed by atoms with van der Waals surface area (Å²) in [4.78, 5) is 0.192. The summed E-state index contributed by atoms with van der Waals surface area (Å²) >= 11 is 4.87. The molecule has 6 heteroatoms. The molecule has 0 aliphatic carbocycles. The molecule has 2 N–H and O–H groups in total. The second-order valence-electron chi connectivity index (χ2n) is 3.31. The molecule has 0 aliphatic rings. The van der Waals surface area contributed by atoms with E-state index < -0.39 is 13.0 Å². The van der Waals surface area contributed by atoms with Crippen molar-refractivity contribution in [2.24, 2.45) is 5.73 Å². The first kappa shape index (κ1) is 13.8. The summed E-state index contributed by atoms with van der Waals surface area (Å²) in [6.07, 6.45) is -2.47. The third-order valence-electron chi connectivity index (χ3n) is 2.04. The van der Waals surface area contributed by atoms with Crippen LogP contribution < -0.4 is 10.5 Å². The molecule has 94 valence electrons. The first-order chi connectivity index (χ1) is 8.04. The van der Waals surface area contributed by atoms with Crippen molar-refractivity contribution in [2.75, 3.05) is 13.7 Å². The van der Waals surface area contributed by atoms with Crippen LogP contribution in [0, 0.1) is 0 Å². The van der Waals surface area contributed by atoms with Crippen LogP contribution in [-0.4, -0.2) is 25.1 Å². The molecule has 0 saturated carbocycles. The molecule has 0 aromatic heterocycles. The van der Waals surface area contributed by atoms with Crippen LogP contribution in [0.25, 0.3) is 0 Å². The number of hydrogen-bond acceptors (Lipinski definition) is 3. The average molecular weight is 261 g/mol. The van der Waals surface area contributed by atoms with Crippen molar-refractivity contribution < 1.29 is 18.3 Å². The molecule has 0 heterocycles. The fraction of sp³-hybridized carbons (Fsp3) is 0.364.